The molecule has 0 atom stereocenters. The van der Waals surface area contributed by atoms with E-state index in [1.54, 1.807) is 6.07 Å². The van der Waals surface area contributed by atoms with Crippen LogP contribution in [0, 0.1) is 23.0 Å². The van der Waals surface area contributed by atoms with Crippen LogP contribution in [0.1, 0.15) is 5.56 Å². The maximum Gasteiger partial charge on any atom is 0.264 e. The molecule has 1 N–H and O–H groups in total. The number of nitrogens with zero attached hydrogens (tertiary/aromatic N) is 1. The zero-order chi connectivity index (χ0) is 15.6. The SMILES string of the molecule is N#Cc1cc(NS(=O)(=O)c2cc(F)ccc2F)ccc1Cl. The Kier molecular flexibility index (Phi) is 4.11. The van der Waals surface area contributed by atoms with Crippen LogP contribution in [0.25, 0.3) is 0 Å². The van der Waals surface area contributed by atoms with Gasteiger partial charge in [-0.1, -0.05) is 11.6 Å². The molecule has 4 nitrogen and oxygen atoms in total. The molecule has 0 unspecified atom stereocenters. The molecule has 2 aromatic rings. The van der Waals surface area contributed by atoms with E-state index in [9.17, 15) is 17.2 Å². The molecule has 0 aromatic heterocycles. The van der Waals surface area contributed by atoms with E-state index in [0.717, 1.165) is 6.07 Å². The Morgan fingerprint density at radius 3 is 2.52 bits per heavy atom. The molecule has 0 aliphatic carbocycles. The van der Waals surface area contributed by atoms with Gasteiger partial charge in [-0.25, -0.2) is 17.2 Å². The second-order valence-corrected chi connectivity index (χ2v) is 6.04. The first kappa shape index (κ1) is 15.2. The maximum absolute atomic E-state index is 13.5. The second kappa shape index (κ2) is 5.68. The van der Waals surface area contributed by atoms with E-state index < -0.39 is 26.6 Å². The summed E-state index contributed by atoms with van der Waals surface area (Å²) in [4.78, 5) is -0.823. The largest absolute Gasteiger partial charge is 0.279 e. The number of hydrogen-bond acceptors (Lipinski definition) is 3. The Labute approximate surface area is 124 Å². The van der Waals surface area contributed by atoms with Gasteiger partial charge in [0, 0.05) is 0 Å². The third kappa shape index (κ3) is 3.29. The molecule has 0 bridgehead atoms. The van der Waals surface area contributed by atoms with Crippen molar-refractivity contribution in [3.05, 3.63) is 58.6 Å². The van der Waals surface area contributed by atoms with Gasteiger partial charge in [0.25, 0.3) is 10.0 Å². The highest BCUT2D eigenvalue weighted by molar-refractivity contribution is 7.92. The number of sulfonamides is 1. The van der Waals surface area contributed by atoms with Crippen LogP contribution in [0.2, 0.25) is 5.02 Å². The summed E-state index contributed by atoms with van der Waals surface area (Å²) in [6, 6.07) is 7.69. The van der Waals surface area contributed by atoms with Gasteiger partial charge in [0.05, 0.1) is 16.3 Å². The van der Waals surface area contributed by atoms with Gasteiger partial charge < -0.3 is 0 Å². The highest BCUT2D eigenvalue weighted by atomic mass is 35.5. The average Bonchev–Trinajstić information content (AvgIpc) is 2.43. The molecular weight excluding hydrogens is 322 g/mol. The van der Waals surface area contributed by atoms with E-state index in [1.165, 1.54) is 18.2 Å². The van der Waals surface area contributed by atoms with Gasteiger partial charge >= 0.3 is 0 Å². The third-order valence-corrected chi connectivity index (χ3v) is 4.25. The van der Waals surface area contributed by atoms with Crippen molar-refractivity contribution in [1.29, 1.82) is 5.26 Å². The second-order valence-electron chi connectivity index (χ2n) is 3.99. The lowest BCUT2D eigenvalue weighted by Crippen LogP contribution is -2.15. The van der Waals surface area contributed by atoms with Crippen LogP contribution < -0.4 is 4.72 Å². The Hall–Kier alpha value is -2.17. The molecular formula is C13H7ClF2N2O2S. The molecule has 0 spiro atoms. The summed E-state index contributed by atoms with van der Waals surface area (Å²) in [6.45, 7) is 0. The van der Waals surface area contributed by atoms with E-state index in [1.807, 2.05) is 0 Å². The van der Waals surface area contributed by atoms with Crippen molar-refractivity contribution in [1.82, 2.24) is 0 Å². The van der Waals surface area contributed by atoms with Gasteiger partial charge in [-0.2, -0.15) is 5.26 Å². The first-order chi connectivity index (χ1) is 9.83. The minimum atomic E-state index is -4.32. The lowest BCUT2D eigenvalue weighted by molar-refractivity contribution is 0.555. The molecule has 0 amide bonds. The molecule has 108 valence electrons. The van der Waals surface area contributed by atoms with Crippen molar-refractivity contribution in [3.63, 3.8) is 0 Å². The smallest absolute Gasteiger partial charge is 0.264 e. The molecule has 2 aromatic carbocycles. The zero-order valence-electron chi connectivity index (χ0n) is 10.3. The highest BCUT2D eigenvalue weighted by Crippen LogP contribution is 2.23. The van der Waals surface area contributed by atoms with Crippen LogP contribution in [0.3, 0.4) is 0 Å². The first-order valence-electron chi connectivity index (χ1n) is 5.51. The fourth-order valence-electron chi connectivity index (χ4n) is 1.57. The molecule has 0 saturated carbocycles. The topological polar surface area (TPSA) is 70.0 Å². The molecule has 2 rings (SSSR count). The van der Waals surface area contributed by atoms with Crippen molar-refractivity contribution in [2.75, 3.05) is 4.72 Å². The van der Waals surface area contributed by atoms with Crippen molar-refractivity contribution in [2.45, 2.75) is 4.90 Å². The molecule has 0 aliphatic heterocycles. The van der Waals surface area contributed by atoms with Crippen molar-refractivity contribution in [3.8, 4) is 6.07 Å². The average molecular weight is 329 g/mol. The van der Waals surface area contributed by atoms with E-state index >= 15 is 0 Å². The lowest BCUT2D eigenvalue weighted by atomic mass is 10.2. The summed E-state index contributed by atoms with van der Waals surface area (Å²) in [5.41, 5.74) is 0.0659. The number of nitriles is 1. The predicted molar refractivity (Wildman–Crippen MR) is 73.3 cm³/mol. The first-order valence-corrected chi connectivity index (χ1v) is 7.37. The summed E-state index contributed by atoms with van der Waals surface area (Å²) in [6.07, 6.45) is 0. The lowest BCUT2D eigenvalue weighted by Gasteiger charge is -2.09. The van der Waals surface area contributed by atoms with Crippen molar-refractivity contribution >= 4 is 27.3 Å². The van der Waals surface area contributed by atoms with Gasteiger partial charge in [0.1, 0.15) is 22.6 Å². The Morgan fingerprint density at radius 2 is 1.86 bits per heavy atom. The Balaban J connectivity index is 2.43. The fourth-order valence-corrected chi connectivity index (χ4v) is 2.87. The Bertz CT molecular complexity index is 848. The van der Waals surface area contributed by atoms with Crippen molar-refractivity contribution in [2.24, 2.45) is 0 Å². The Morgan fingerprint density at radius 1 is 1.14 bits per heavy atom. The van der Waals surface area contributed by atoms with Crippen LogP contribution >= 0.6 is 11.6 Å². The molecule has 0 aliphatic rings. The highest BCUT2D eigenvalue weighted by Gasteiger charge is 2.20. The van der Waals surface area contributed by atoms with Crippen LogP contribution in [-0.4, -0.2) is 8.42 Å². The van der Waals surface area contributed by atoms with Crippen LogP contribution in [0.15, 0.2) is 41.3 Å². The summed E-state index contributed by atoms with van der Waals surface area (Å²) in [5.74, 6) is -1.97. The molecule has 0 radical (unpaired) electrons. The summed E-state index contributed by atoms with van der Waals surface area (Å²) in [5, 5.41) is 8.97. The van der Waals surface area contributed by atoms with E-state index in [4.69, 9.17) is 16.9 Å². The van der Waals surface area contributed by atoms with Crippen LogP contribution in [-0.2, 0) is 10.0 Å². The van der Waals surface area contributed by atoms with Crippen molar-refractivity contribution < 1.29 is 17.2 Å². The quantitative estimate of drug-likeness (QED) is 0.939. The molecule has 0 heterocycles. The summed E-state index contributed by atoms with van der Waals surface area (Å²) in [7, 11) is -4.32. The van der Waals surface area contributed by atoms with Gasteiger partial charge in [0.2, 0.25) is 0 Å². The van der Waals surface area contributed by atoms with Gasteiger partial charge in [-0.3, -0.25) is 4.72 Å². The fraction of sp³-hybridized carbons (Fsp3) is 0. The number of halogens is 3. The molecule has 8 heteroatoms. The predicted octanol–water partition coefficient (Wildman–Crippen LogP) is 3.29. The van der Waals surface area contributed by atoms with E-state index in [-0.39, 0.29) is 16.3 Å². The molecule has 21 heavy (non-hydrogen) atoms. The summed E-state index contributed by atoms with van der Waals surface area (Å²) < 4.78 is 52.7. The van der Waals surface area contributed by atoms with E-state index in [0.29, 0.717) is 12.1 Å². The summed E-state index contributed by atoms with van der Waals surface area (Å²) >= 11 is 5.72. The number of rotatable bonds is 3. The number of benzene rings is 2. The number of hydrogen-bond donors (Lipinski definition) is 1. The third-order valence-electron chi connectivity index (χ3n) is 2.52. The molecule has 0 saturated heterocycles. The van der Waals surface area contributed by atoms with Gasteiger partial charge in [-0.05, 0) is 36.4 Å². The van der Waals surface area contributed by atoms with Gasteiger partial charge in [0.15, 0.2) is 0 Å². The normalized spacial score (nSPS) is 11.0. The van der Waals surface area contributed by atoms with Gasteiger partial charge in [-0.15, -0.1) is 0 Å². The number of nitrogens with one attached hydrogen (secondary N) is 1. The van der Waals surface area contributed by atoms with Crippen LogP contribution in [0.5, 0.6) is 0 Å². The standard InChI is InChI=1S/C13H7ClF2N2O2S/c14-11-3-2-10(5-8(11)7-17)18-21(19,20)13-6-9(15)1-4-12(13)16/h1-6,18H. The zero-order valence-corrected chi connectivity index (χ0v) is 11.8. The monoisotopic (exact) mass is 328 g/mol. The van der Waals surface area contributed by atoms with E-state index in [2.05, 4.69) is 4.72 Å². The minimum Gasteiger partial charge on any atom is -0.279 e. The van der Waals surface area contributed by atoms with Crippen LogP contribution in [0.4, 0.5) is 14.5 Å². The molecule has 0 fully saturated rings. The maximum atomic E-state index is 13.5. The number of anilines is 1. The minimum absolute atomic E-state index is 0.0135.